The number of hydrogen-bond acceptors (Lipinski definition) is 4. The molecule has 90 valence electrons. The van der Waals surface area contributed by atoms with Gasteiger partial charge in [0.25, 0.3) is 5.69 Å². The Morgan fingerprint density at radius 1 is 1.47 bits per heavy atom. The molecule has 0 radical (unpaired) electrons. The van der Waals surface area contributed by atoms with E-state index in [1.54, 1.807) is 20.0 Å². The predicted molar refractivity (Wildman–Crippen MR) is 64.4 cm³/mol. The number of benzene rings is 1. The van der Waals surface area contributed by atoms with Crippen molar-refractivity contribution < 1.29 is 9.72 Å². The van der Waals surface area contributed by atoms with Crippen LogP contribution in [0.5, 0.6) is 0 Å². The van der Waals surface area contributed by atoms with Gasteiger partial charge in [-0.25, -0.2) is 0 Å². The maximum absolute atomic E-state index is 12.0. The van der Waals surface area contributed by atoms with Crippen molar-refractivity contribution in [3.8, 4) is 0 Å². The molecule has 0 atom stereocenters. The first-order chi connectivity index (χ1) is 8.04. The third-order valence-electron chi connectivity index (χ3n) is 3.02. The highest BCUT2D eigenvalue weighted by Crippen LogP contribution is 2.36. The standard InChI is InChI=1S/C12H14N2O3/c1-7-5-10(13-2)11(14(16)17)6-9(7)12(15)8-3-4-8/h5-6,8,13H,3-4H2,1-2H3. The van der Waals surface area contributed by atoms with E-state index in [0.29, 0.717) is 11.3 Å². The third kappa shape index (κ3) is 2.13. The molecule has 5 heteroatoms. The summed E-state index contributed by atoms with van der Waals surface area (Å²) in [7, 11) is 1.63. The number of ketones is 1. The van der Waals surface area contributed by atoms with Crippen molar-refractivity contribution >= 4 is 17.2 Å². The minimum atomic E-state index is -0.463. The Hall–Kier alpha value is -1.91. The molecule has 0 aromatic heterocycles. The summed E-state index contributed by atoms with van der Waals surface area (Å²) in [5, 5.41) is 13.7. The lowest BCUT2D eigenvalue weighted by molar-refractivity contribution is -0.384. The van der Waals surface area contributed by atoms with Crippen LogP contribution in [0.4, 0.5) is 11.4 Å². The predicted octanol–water partition coefficient (Wildman–Crippen LogP) is 2.54. The number of carbonyl (C=O) groups excluding carboxylic acids is 1. The van der Waals surface area contributed by atoms with Gasteiger partial charge in [-0.15, -0.1) is 0 Å². The molecular weight excluding hydrogens is 220 g/mol. The Labute approximate surface area is 99.0 Å². The quantitative estimate of drug-likeness (QED) is 0.493. The van der Waals surface area contributed by atoms with Gasteiger partial charge in [0.05, 0.1) is 4.92 Å². The third-order valence-corrected chi connectivity index (χ3v) is 3.02. The largest absolute Gasteiger partial charge is 0.383 e. The van der Waals surface area contributed by atoms with Crippen molar-refractivity contribution in [2.24, 2.45) is 5.92 Å². The summed E-state index contributed by atoms with van der Waals surface area (Å²) in [6.07, 6.45) is 1.81. The second-order valence-electron chi connectivity index (χ2n) is 4.33. The van der Waals surface area contributed by atoms with Crippen LogP contribution in [0.1, 0.15) is 28.8 Å². The first kappa shape index (κ1) is 11.6. The second kappa shape index (κ2) is 4.16. The summed E-state index contributed by atoms with van der Waals surface area (Å²) in [6, 6.07) is 3.05. The Bertz CT molecular complexity index is 493. The van der Waals surface area contributed by atoms with Crippen LogP contribution in [0.25, 0.3) is 0 Å². The second-order valence-corrected chi connectivity index (χ2v) is 4.33. The zero-order valence-corrected chi connectivity index (χ0v) is 9.82. The van der Waals surface area contributed by atoms with Gasteiger partial charge in [0.15, 0.2) is 5.78 Å². The van der Waals surface area contributed by atoms with Crippen LogP contribution in [0.2, 0.25) is 0 Å². The Morgan fingerprint density at radius 2 is 2.12 bits per heavy atom. The van der Waals surface area contributed by atoms with E-state index in [1.807, 2.05) is 0 Å². The van der Waals surface area contributed by atoms with Crippen molar-refractivity contribution in [2.45, 2.75) is 19.8 Å². The number of rotatable bonds is 4. The van der Waals surface area contributed by atoms with E-state index >= 15 is 0 Å². The monoisotopic (exact) mass is 234 g/mol. The van der Waals surface area contributed by atoms with Crippen LogP contribution in [0, 0.1) is 23.0 Å². The lowest BCUT2D eigenvalue weighted by Gasteiger charge is -2.08. The summed E-state index contributed by atoms with van der Waals surface area (Å²) in [5.41, 5.74) is 1.68. The van der Waals surface area contributed by atoms with E-state index in [-0.39, 0.29) is 17.4 Å². The first-order valence-corrected chi connectivity index (χ1v) is 5.55. The molecule has 0 bridgehead atoms. The molecule has 5 nitrogen and oxygen atoms in total. The molecule has 0 heterocycles. The van der Waals surface area contributed by atoms with E-state index in [1.165, 1.54) is 6.07 Å². The number of nitro benzene ring substituents is 1. The molecule has 1 aliphatic rings. The average molecular weight is 234 g/mol. The molecule has 1 fully saturated rings. The molecule has 0 aliphatic heterocycles. The van der Waals surface area contributed by atoms with Crippen molar-refractivity contribution in [1.29, 1.82) is 0 Å². The highest BCUT2D eigenvalue weighted by atomic mass is 16.6. The fourth-order valence-corrected chi connectivity index (χ4v) is 1.88. The van der Waals surface area contributed by atoms with Gasteiger partial charge >= 0.3 is 0 Å². The van der Waals surface area contributed by atoms with Crippen LogP contribution >= 0.6 is 0 Å². The fraction of sp³-hybridized carbons (Fsp3) is 0.417. The molecule has 1 N–H and O–H groups in total. The minimum absolute atomic E-state index is 0.0354. The van der Waals surface area contributed by atoms with Crippen molar-refractivity contribution in [2.75, 3.05) is 12.4 Å². The molecule has 0 spiro atoms. The highest BCUT2D eigenvalue weighted by molar-refractivity contribution is 6.01. The number of aryl methyl sites for hydroxylation is 1. The molecule has 1 aromatic rings. The first-order valence-electron chi connectivity index (χ1n) is 5.55. The zero-order valence-electron chi connectivity index (χ0n) is 9.82. The van der Waals surface area contributed by atoms with E-state index in [4.69, 9.17) is 0 Å². The van der Waals surface area contributed by atoms with Gasteiger partial charge in [-0.05, 0) is 31.4 Å². The minimum Gasteiger partial charge on any atom is -0.383 e. The average Bonchev–Trinajstić information content (AvgIpc) is 3.11. The van der Waals surface area contributed by atoms with Gasteiger partial charge in [0.1, 0.15) is 5.69 Å². The number of nitrogens with one attached hydrogen (secondary N) is 1. The molecule has 1 saturated carbocycles. The molecule has 0 amide bonds. The van der Waals surface area contributed by atoms with Gasteiger partial charge in [-0.2, -0.15) is 0 Å². The summed E-state index contributed by atoms with van der Waals surface area (Å²) in [6.45, 7) is 1.81. The molecule has 2 rings (SSSR count). The molecule has 0 unspecified atom stereocenters. The summed E-state index contributed by atoms with van der Waals surface area (Å²) in [4.78, 5) is 22.4. The van der Waals surface area contributed by atoms with E-state index in [2.05, 4.69) is 5.32 Å². The highest BCUT2D eigenvalue weighted by Gasteiger charge is 2.32. The molecule has 1 aliphatic carbocycles. The van der Waals surface area contributed by atoms with Crippen molar-refractivity contribution in [3.05, 3.63) is 33.4 Å². The number of carbonyl (C=O) groups is 1. The number of nitro groups is 1. The molecule has 1 aromatic carbocycles. The lowest BCUT2D eigenvalue weighted by Crippen LogP contribution is -2.06. The fourth-order valence-electron chi connectivity index (χ4n) is 1.88. The van der Waals surface area contributed by atoms with E-state index < -0.39 is 4.92 Å². The van der Waals surface area contributed by atoms with E-state index in [0.717, 1.165) is 18.4 Å². The smallest absolute Gasteiger partial charge is 0.293 e. The van der Waals surface area contributed by atoms with Gasteiger partial charge in [-0.1, -0.05) is 0 Å². The van der Waals surface area contributed by atoms with E-state index in [9.17, 15) is 14.9 Å². The molecular formula is C12H14N2O3. The Kier molecular flexibility index (Phi) is 2.83. The molecule has 17 heavy (non-hydrogen) atoms. The van der Waals surface area contributed by atoms with Crippen LogP contribution in [0.3, 0.4) is 0 Å². The normalized spacial score (nSPS) is 14.5. The SMILES string of the molecule is CNc1cc(C)c(C(=O)C2CC2)cc1[N+](=O)[O-]. The number of anilines is 1. The van der Waals surface area contributed by atoms with Gasteiger partial charge in [-0.3, -0.25) is 14.9 Å². The summed E-state index contributed by atoms with van der Waals surface area (Å²) >= 11 is 0. The van der Waals surface area contributed by atoms with Gasteiger partial charge in [0, 0.05) is 24.6 Å². The van der Waals surface area contributed by atoms with Crippen LogP contribution in [-0.2, 0) is 0 Å². The summed E-state index contributed by atoms with van der Waals surface area (Å²) in [5.74, 6) is 0.113. The number of hydrogen-bond donors (Lipinski definition) is 1. The zero-order chi connectivity index (χ0) is 12.6. The maximum Gasteiger partial charge on any atom is 0.293 e. The van der Waals surface area contributed by atoms with Gasteiger partial charge < -0.3 is 5.32 Å². The number of Topliss-reactive ketones (excluding diaryl/α,β-unsaturated/α-hetero) is 1. The van der Waals surface area contributed by atoms with Crippen LogP contribution < -0.4 is 5.32 Å². The Morgan fingerprint density at radius 3 is 2.59 bits per heavy atom. The van der Waals surface area contributed by atoms with Crippen LogP contribution in [0.15, 0.2) is 12.1 Å². The topological polar surface area (TPSA) is 72.2 Å². The van der Waals surface area contributed by atoms with Crippen LogP contribution in [-0.4, -0.2) is 17.8 Å². The van der Waals surface area contributed by atoms with Gasteiger partial charge in [0.2, 0.25) is 0 Å². The van der Waals surface area contributed by atoms with Crippen molar-refractivity contribution in [3.63, 3.8) is 0 Å². The van der Waals surface area contributed by atoms with Crippen molar-refractivity contribution in [1.82, 2.24) is 0 Å². The number of nitrogens with zero attached hydrogens (tertiary/aromatic N) is 1. The maximum atomic E-state index is 12.0. The Balaban J connectivity index is 2.49. The molecule has 0 saturated heterocycles. The lowest BCUT2D eigenvalue weighted by atomic mass is 10.00. The summed E-state index contributed by atoms with van der Waals surface area (Å²) < 4.78 is 0.